The predicted octanol–water partition coefficient (Wildman–Crippen LogP) is 2.59. The van der Waals surface area contributed by atoms with Gasteiger partial charge in [0.25, 0.3) is 0 Å². The number of hydrogen-bond acceptors (Lipinski definition) is 6. The Morgan fingerprint density at radius 1 is 1.05 bits per heavy atom. The summed E-state index contributed by atoms with van der Waals surface area (Å²) in [6.45, 7) is 3.09. The van der Waals surface area contributed by atoms with Gasteiger partial charge in [0.05, 0.1) is 13.2 Å². The van der Waals surface area contributed by atoms with Crippen molar-refractivity contribution in [2.45, 2.75) is 0 Å². The third kappa shape index (κ3) is 2.48. The standard InChI is InChI=1S/C15H14N4OS/c1-2-4-11(5-3-1)13-10-12-14(21-13)16-15(18-17-12)19-6-8-20-9-7-19/h1-5,10H,6-9H2. The summed E-state index contributed by atoms with van der Waals surface area (Å²) in [7, 11) is 0. The van der Waals surface area contributed by atoms with Crippen molar-refractivity contribution in [3.05, 3.63) is 36.4 Å². The van der Waals surface area contributed by atoms with Gasteiger partial charge in [-0.1, -0.05) is 30.3 Å². The van der Waals surface area contributed by atoms with Gasteiger partial charge in [0.15, 0.2) is 0 Å². The SMILES string of the molecule is c1ccc(-c2cc3nnc(N4CCOCC4)nc3s2)cc1. The predicted molar refractivity (Wildman–Crippen MR) is 83.7 cm³/mol. The lowest BCUT2D eigenvalue weighted by atomic mass is 10.2. The first kappa shape index (κ1) is 12.7. The Morgan fingerprint density at radius 3 is 2.67 bits per heavy atom. The molecule has 0 saturated carbocycles. The Kier molecular flexibility index (Phi) is 3.25. The number of aromatic nitrogens is 3. The molecule has 21 heavy (non-hydrogen) atoms. The lowest BCUT2D eigenvalue weighted by molar-refractivity contribution is 0.122. The van der Waals surface area contributed by atoms with Crippen molar-refractivity contribution in [2.75, 3.05) is 31.2 Å². The number of rotatable bonds is 2. The van der Waals surface area contributed by atoms with E-state index in [4.69, 9.17) is 4.74 Å². The molecular weight excluding hydrogens is 284 g/mol. The van der Waals surface area contributed by atoms with Crippen LogP contribution >= 0.6 is 11.3 Å². The van der Waals surface area contributed by atoms with Gasteiger partial charge in [-0.3, -0.25) is 0 Å². The van der Waals surface area contributed by atoms with Crippen LogP contribution in [0.4, 0.5) is 5.95 Å². The molecule has 6 heteroatoms. The lowest BCUT2D eigenvalue weighted by Gasteiger charge is -2.25. The third-order valence-corrected chi connectivity index (χ3v) is 4.56. The Balaban J connectivity index is 1.71. The number of morpholine rings is 1. The minimum absolute atomic E-state index is 0.701. The Bertz CT molecular complexity index is 753. The number of benzene rings is 1. The summed E-state index contributed by atoms with van der Waals surface area (Å²) in [4.78, 5) is 8.89. The molecule has 0 radical (unpaired) electrons. The van der Waals surface area contributed by atoms with Crippen LogP contribution < -0.4 is 4.90 Å². The molecule has 1 aromatic carbocycles. The third-order valence-electron chi connectivity index (χ3n) is 3.49. The average molecular weight is 298 g/mol. The molecular formula is C15H14N4OS. The second kappa shape index (κ2) is 5.38. The summed E-state index contributed by atoms with van der Waals surface area (Å²) >= 11 is 1.66. The summed E-state index contributed by atoms with van der Waals surface area (Å²) in [5.74, 6) is 0.701. The zero-order chi connectivity index (χ0) is 14.1. The van der Waals surface area contributed by atoms with Crippen LogP contribution in [0.2, 0.25) is 0 Å². The molecule has 1 fully saturated rings. The zero-order valence-corrected chi connectivity index (χ0v) is 12.2. The maximum absolute atomic E-state index is 5.36. The number of ether oxygens (including phenoxy) is 1. The van der Waals surface area contributed by atoms with E-state index in [9.17, 15) is 0 Å². The zero-order valence-electron chi connectivity index (χ0n) is 11.4. The van der Waals surface area contributed by atoms with Crippen LogP contribution in [0.5, 0.6) is 0 Å². The molecule has 1 aliphatic rings. The normalized spacial score (nSPS) is 15.5. The summed E-state index contributed by atoms with van der Waals surface area (Å²) in [5, 5.41) is 8.57. The van der Waals surface area contributed by atoms with Gasteiger partial charge in [0, 0.05) is 18.0 Å². The molecule has 0 aliphatic carbocycles. The van der Waals surface area contributed by atoms with Crippen LogP contribution in [0.25, 0.3) is 20.8 Å². The van der Waals surface area contributed by atoms with Gasteiger partial charge in [-0.2, -0.15) is 4.98 Å². The minimum atomic E-state index is 0.701. The topological polar surface area (TPSA) is 51.1 Å². The molecule has 3 aromatic rings. The van der Waals surface area contributed by atoms with Gasteiger partial charge >= 0.3 is 0 Å². The fraction of sp³-hybridized carbons (Fsp3) is 0.267. The lowest BCUT2D eigenvalue weighted by Crippen LogP contribution is -2.37. The molecule has 1 aliphatic heterocycles. The van der Waals surface area contributed by atoms with Gasteiger partial charge in [0.2, 0.25) is 5.95 Å². The molecule has 0 amide bonds. The summed E-state index contributed by atoms with van der Waals surface area (Å²) in [6.07, 6.45) is 0. The Labute approximate surface area is 126 Å². The quantitative estimate of drug-likeness (QED) is 0.728. The summed E-state index contributed by atoms with van der Waals surface area (Å²) < 4.78 is 5.36. The van der Waals surface area contributed by atoms with E-state index >= 15 is 0 Å². The van der Waals surface area contributed by atoms with Crippen LogP contribution in [0.15, 0.2) is 36.4 Å². The van der Waals surface area contributed by atoms with Crippen molar-refractivity contribution in [3.8, 4) is 10.4 Å². The first-order valence-corrected chi connectivity index (χ1v) is 7.74. The molecule has 0 atom stereocenters. The average Bonchev–Trinajstić information content (AvgIpc) is 2.99. The molecule has 4 rings (SSSR count). The van der Waals surface area contributed by atoms with E-state index in [1.165, 1.54) is 10.4 Å². The van der Waals surface area contributed by atoms with E-state index in [-0.39, 0.29) is 0 Å². The molecule has 0 N–H and O–H groups in total. The van der Waals surface area contributed by atoms with Crippen molar-refractivity contribution in [2.24, 2.45) is 0 Å². The van der Waals surface area contributed by atoms with Crippen LogP contribution in [0.1, 0.15) is 0 Å². The van der Waals surface area contributed by atoms with Crippen LogP contribution in [0.3, 0.4) is 0 Å². The number of anilines is 1. The second-order valence-electron chi connectivity index (χ2n) is 4.88. The first-order chi connectivity index (χ1) is 10.4. The van der Waals surface area contributed by atoms with Crippen molar-refractivity contribution in [1.82, 2.24) is 15.2 Å². The largest absolute Gasteiger partial charge is 0.378 e. The van der Waals surface area contributed by atoms with Gasteiger partial charge in [0.1, 0.15) is 10.3 Å². The van der Waals surface area contributed by atoms with Gasteiger partial charge in [-0.15, -0.1) is 21.5 Å². The highest BCUT2D eigenvalue weighted by Gasteiger charge is 2.16. The molecule has 5 nitrogen and oxygen atoms in total. The molecule has 3 heterocycles. The summed E-state index contributed by atoms with van der Waals surface area (Å²) in [5.41, 5.74) is 2.05. The maximum Gasteiger partial charge on any atom is 0.246 e. The first-order valence-electron chi connectivity index (χ1n) is 6.92. The fourth-order valence-corrected chi connectivity index (χ4v) is 3.34. The van der Waals surface area contributed by atoms with Crippen LogP contribution in [-0.4, -0.2) is 41.5 Å². The molecule has 0 spiro atoms. The smallest absolute Gasteiger partial charge is 0.246 e. The van der Waals surface area contributed by atoms with Crippen LogP contribution in [-0.2, 0) is 4.74 Å². The van der Waals surface area contributed by atoms with Gasteiger partial charge in [-0.05, 0) is 11.6 Å². The maximum atomic E-state index is 5.36. The van der Waals surface area contributed by atoms with Gasteiger partial charge < -0.3 is 9.64 Å². The van der Waals surface area contributed by atoms with E-state index in [1.54, 1.807) is 11.3 Å². The molecule has 1 saturated heterocycles. The second-order valence-corrected chi connectivity index (χ2v) is 5.91. The number of fused-ring (bicyclic) bond motifs is 1. The number of thiophene rings is 1. The van der Waals surface area contributed by atoms with Crippen molar-refractivity contribution < 1.29 is 4.74 Å². The van der Waals surface area contributed by atoms with Crippen molar-refractivity contribution >= 4 is 27.6 Å². The molecule has 0 bridgehead atoms. The monoisotopic (exact) mass is 298 g/mol. The highest BCUT2D eigenvalue weighted by Crippen LogP contribution is 2.31. The minimum Gasteiger partial charge on any atom is -0.378 e. The number of hydrogen-bond donors (Lipinski definition) is 0. The Hall–Kier alpha value is -2.05. The van der Waals surface area contributed by atoms with E-state index < -0.39 is 0 Å². The molecule has 106 valence electrons. The van der Waals surface area contributed by atoms with Gasteiger partial charge in [-0.25, -0.2) is 0 Å². The number of nitrogens with zero attached hydrogens (tertiary/aromatic N) is 4. The van der Waals surface area contributed by atoms with E-state index in [2.05, 4.69) is 38.3 Å². The molecule has 0 unspecified atom stereocenters. The van der Waals surface area contributed by atoms with E-state index in [0.717, 1.165) is 36.7 Å². The Morgan fingerprint density at radius 2 is 1.86 bits per heavy atom. The van der Waals surface area contributed by atoms with Crippen molar-refractivity contribution in [3.63, 3.8) is 0 Å². The molecule has 2 aromatic heterocycles. The highest BCUT2D eigenvalue weighted by atomic mass is 32.1. The van der Waals surface area contributed by atoms with E-state index in [0.29, 0.717) is 5.95 Å². The fourth-order valence-electron chi connectivity index (χ4n) is 2.38. The van der Waals surface area contributed by atoms with E-state index in [1.807, 2.05) is 18.2 Å². The summed E-state index contributed by atoms with van der Waals surface area (Å²) in [6, 6.07) is 12.3. The highest BCUT2D eigenvalue weighted by molar-refractivity contribution is 7.21. The van der Waals surface area contributed by atoms with Crippen molar-refractivity contribution in [1.29, 1.82) is 0 Å². The van der Waals surface area contributed by atoms with Crippen LogP contribution in [0, 0.1) is 0 Å².